The summed E-state index contributed by atoms with van der Waals surface area (Å²) in [5.41, 5.74) is 6.00. The highest BCUT2D eigenvalue weighted by Crippen LogP contribution is 2.26. The normalized spacial score (nSPS) is 21.0. The monoisotopic (exact) mass is 489 g/mol. The molecule has 9 heteroatoms. The third-order valence-corrected chi connectivity index (χ3v) is 7.01. The van der Waals surface area contributed by atoms with Gasteiger partial charge in [0.05, 0.1) is 18.5 Å². The second-order valence-electron chi connectivity index (χ2n) is 9.68. The molecule has 34 heavy (non-hydrogen) atoms. The predicted molar refractivity (Wildman–Crippen MR) is 135 cm³/mol. The van der Waals surface area contributed by atoms with Crippen LogP contribution in [0.2, 0.25) is 0 Å². The molecule has 1 aromatic carbocycles. The number of hydrogen-bond donors (Lipinski definition) is 2. The van der Waals surface area contributed by atoms with E-state index in [1.54, 1.807) is 0 Å². The molecule has 2 atom stereocenters. The summed E-state index contributed by atoms with van der Waals surface area (Å²) in [7, 11) is 0. The second kappa shape index (κ2) is 11.3. The Morgan fingerprint density at radius 1 is 1.24 bits per heavy atom. The lowest BCUT2D eigenvalue weighted by Crippen LogP contribution is -2.50. The molecule has 3 heterocycles. The van der Waals surface area contributed by atoms with E-state index in [0.717, 1.165) is 24.9 Å². The van der Waals surface area contributed by atoms with Gasteiger partial charge in [-0.15, -0.1) is 12.4 Å². The van der Waals surface area contributed by atoms with Crippen LogP contribution in [0, 0.1) is 0 Å². The predicted octanol–water partition coefficient (Wildman–Crippen LogP) is 2.14. The number of nitrogens with two attached hydrogens (primary N) is 1. The Morgan fingerprint density at radius 2 is 1.94 bits per heavy atom. The Kier molecular flexibility index (Phi) is 8.73. The molecule has 2 aromatic rings. The number of hydrogen-bond acceptors (Lipinski definition) is 6. The highest BCUT2D eigenvalue weighted by molar-refractivity contribution is 5.85. The molecule has 3 N–H and O–H groups in total. The average Bonchev–Trinajstić information content (AvgIpc) is 2.81. The lowest BCUT2D eigenvalue weighted by molar-refractivity contribution is -0.136. The lowest BCUT2D eigenvalue weighted by Gasteiger charge is -2.38. The fourth-order valence-corrected chi connectivity index (χ4v) is 4.86. The summed E-state index contributed by atoms with van der Waals surface area (Å²) >= 11 is 0. The van der Waals surface area contributed by atoms with Crippen molar-refractivity contribution in [3.63, 3.8) is 0 Å². The summed E-state index contributed by atoms with van der Waals surface area (Å²) in [6, 6.07) is 11.7. The molecular formula is C25H36ClN5O3. The highest BCUT2D eigenvalue weighted by Gasteiger charge is 2.35. The zero-order chi connectivity index (χ0) is 23.4. The number of carbonyl (C=O) groups excluding carboxylic acids is 1. The van der Waals surface area contributed by atoms with Crippen molar-refractivity contribution in [2.24, 2.45) is 5.73 Å². The Balaban J connectivity index is 0.00000324. The number of likely N-dealkylation sites (tertiary alicyclic amines) is 1. The number of amides is 1. The summed E-state index contributed by atoms with van der Waals surface area (Å²) in [5, 5.41) is 11.1. The Labute approximate surface area is 207 Å². The van der Waals surface area contributed by atoms with Crippen molar-refractivity contribution in [1.29, 1.82) is 0 Å². The summed E-state index contributed by atoms with van der Waals surface area (Å²) < 4.78 is 1.47. The molecule has 4 rings (SSSR count). The fourth-order valence-electron chi connectivity index (χ4n) is 4.86. The SMILES string of the molecule is C[C@H](CC(=O)N1CCC(O)(Cn2cnc(N3CCC[C@H](N)C3)cc2=O)CC1)c1ccccc1.Cl. The smallest absolute Gasteiger partial charge is 0.255 e. The van der Waals surface area contributed by atoms with E-state index in [4.69, 9.17) is 5.73 Å². The first-order valence-electron chi connectivity index (χ1n) is 12.0. The van der Waals surface area contributed by atoms with Crippen LogP contribution in [-0.4, -0.2) is 63.3 Å². The van der Waals surface area contributed by atoms with Gasteiger partial charge in [-0.1, -0.05) is 37.3 Å². The van der Waals surface area contributed by atoms with Crippen molar-refractivity contribution in [1.82, 2.24) is 14.5 Å². The molecule has 2 saturated heterocycles. The molecule has 8 nitrogen and oxygen atoms in total. The van der Waals surface area contributed by atoms with E-state index in [2.05, 4.69) is 16.8 Å². The van der Waals surface area contributed by atoms with Gasteiger partial charge >= 0.3 is 0 Å². The molecule has 0 saturated carbocycles. The van der Waals surface area contributed by atoms with E-state index in [1.165, 1.54) is 17.0 Å². The quantitative estimate of drug-likeness (QED) is 0.644. The van der Waals surface area contributed by atoms with Gasteiger partial charge in [0, 0.05) is 44.7 Å². The summed E-state index contributed by atoms with van der Waals surface area (Å²) in [6.45, 7) is 4.77. The first kappa shape index (κ1) is 26.2. The van der Waals surface area contributed by atoms with Gasteiger partial charge in [-0.2, -0.15) is 0 Å². The van der Waals surface area contributed by atoms with Gasteiger partial charge in [-0.3, -0.25) is 14.2 Å². The van der Waals surface area contributed by atoms with E-state index in [0.29, 0.717) is 44.7 Å². The molecule has 186 valence electrons. The van der Waals surface area contributed by atoms with Crippen LogP contribution < -0.4 is 16.2 Å². The van der Waals surface area contributed by atoms with Crippen molar-refractivity contribution in [2.75, 3.05) is 31.1 Å². The Morgan fingerprint density at radius 3 is 2.59 bits per heavy atom. The largest absolute Gasteiger partial charge is 0.388 e. The van der Waals surface area contributed by atoms with Crippen molar-refractivity contribution in [3.05, 3.63) is 58.6 Å². The van der Waals surface area contributed by atoms with Crippen LogP contribution in [0.4, 0.5) is 5.82 Å². The minimum absolute atomic E-state index is 0. The standard InChI is InChI=1S/C25H35N5O3.ClH/c1-19(20-6-3-2-4-7-20)14-23(31)28-12-9-25(33,10-13-28)17-30-18-27-22(15-24(30)32)29-11-5-8-21(26)16-29;/h2-4,6-7,15,18-19,21,33H,5,8-14,16-17,26H2,1H3;1H/t19-,21+;/m1./s1. The Hall–Kier alpha value is -2.42. The molecule has 1 amide bonds. The average molecular weight is 490 g/mol. The van der Waals surface area contributed by atoms with Crippen LogP contribution >= 0.6 is 12.4 Å². The maximum atomic E-state index is 12.8. The van der Waals surface area contributed by atoms with Crippen molar-refractivity contribution in [3.8, 4) is 0 Å². The van der Waals surface area contributed by atoms with E-state index < -0.39 is 5.60 Å². The minimum Gasteiger partial charge on any atom is -0.388 e. The van der Waals surface area contributed by atoms with E-state index in [-0.39, 0.29) is 42.4 Å². The molecule has 2 aliphatic rings. The van der Waals surface area contributed by atoms with Gasteiger partial charge in [-0.25, -0.2) is 4.98 Å². The number of halogens is 1. The van der Waals surface area contributed by atoms with Crippen LogP contribution in [-0.2, 0) is 11.3 Å². The first-order valence-corrected chi connectivity index (χ1v) is 12.0. The number of piperidine rings is 2. The number of benzene rings is 1. The van der Waals surface area contributed by atoms with E-state index >= 15 is 0 Å². The number of anilines is 1. The number of nitrogens with zero attached hydrogens (tertiary/aromatic N) is 4. The van der Waals surface area contributed by atoms with Crippen molar-refractivity contribution < 1.29 is 9.90 Å². The molecule has 0 spiro atoms. The molecule has 0 bridgehead atoms. The van der Waals surface area contributed by atoms with Crippen LogP contribution in [0.3, 0.4) is 0 Å². The van der Waals surface area contributed by atoms with Gasteiger partial charge in [0.15, 0.2) is 0 Å². The number of aliphatic hydroxyl groups is 1. The van der Waals surface area contributed by atoms with Gasteiger partial charge in [0.25, 0.3) is 5.56 Å². The van der Waals surface area contributed by atoms with Gasteiger partial charge < -0.3 is 20.6 Å². The minimum atomic E-state index is -1.03. The van der Waals surface area contributed by atoms with Gasteiger partial charge in [0.2, 0.25) is 5.91 Å². The molecule has 0 unspecified atom stereocenters. The molecule has 2 fully saturated rings. The lowest BCUT2D eigenvalue weighted by atomic mass is 9.90. The fraction of sp³-hybridized carbons (Fsp3) is 0.560. The summed E-state index contributed by atoms with van der Waals surface area (Å²) in [5.74, 6) is 0.903. The zero-order valence-electron chi connectivity index (χ0n) is 19.8. The first-order chi connectivity index (χ1) is 15.8. The maximum Gasteiger partial charge on any atom is 0.255 e. The number of carbonyl (C=O) groups is 1. The third-order valence-electron chi connectivity index (χ3n) is 7.01. The third kappa shape index (κ3) is 6.37. The Bertz CT molecular complexity index is 1010. The van der Waals surface area contributed by atoms with Crippen molar-refractivity contribution in [2.45, 2.75) is 63.1 Å². The van der Waals surface area contributed by atoms with Gasteiger partial charge in [0.1, 0.15) is 5.82 Å². The molecule has 2 aliphatic heterocycles. The van der Waals surface area contributed by atoms with Gasteiger partial charge in [-0.05, 0) is 37.2 Å². The van der Waals surface area contributed by atoms with E-state index in [9.17, 15) is 14.7 Å². The second-order valence-corrected chi connectivity index (χ2v) is 9.68. The van der Waals surface area contributed by atoms with E-state index in [1.807, 2.05) is 35.2 Å². The summed E-state index contributed by atoms with van der Waals surface area (Å²) in [6.07, 6.45) is 4.83. The highest BCUT2D eigenvalue weighted by atomic mass is 35.5. The molecule has 0 radical (unpaired) electrons. The molecular weight excluding hydrogens is 454 g/mol. The van der Waals surface area contributed by atoms with Crippen LogP contribution in [0.5, 0.6) is 0 Å². The van der Waals surface area contributed by atoms with Crippen LogP contribution in [0.1, 0.15) is 50.5 Å². The van der Waals surface area contributed by atoms with Crippen LogP contribution in [0.25, 0.3) is 0 Å². The number of aromatic nitrogens is 2. The maximum absolute atomic E-state index is 12.8. The molecule has 1 aromatic heterocycles. The van der Waals surface area contributed by atoms with Crippen LogP contribution in [0.15, 0.2) is 47.5 Å². The summed E-state index contributed by atoms with van der Waals surface area (Å²) in [4.78, 5) is 33.8. The topological polar surface area (TPSA) is 105 Å². The molecule has 0 aliphatic carbocycles. The number of rotatable bonds is 6. The van der Waals surface area contributed by atoms with Crippen molar-refractivity contribution >= 4 is 24.1 Å². The zero-order valence-corrected chi connectivity index (χ0v) is 20.6.